The van der Waals surface area contributed by atoms with Crippen molar-refractivity contribution in [2.75, 3.05) is 0 Å². The zero-order chi connectivity index (χ0) is 32.6. The minimum atomic E-state index is -0.266. The van der Waals surface area contributed by atoms with E-state index < -0.39 is 0 Å². The topological polar surface area (TPSA) is 51.3 Å². The van der Waals surface area contributed by atoms with Gasteiger partial charge in [0.05, 0.1) is 16.7 Å². The molecule has 1 aliphatic rings. The highest BCUT2D eigenvalue weighted by molar-refractivity contribution is 6.16. The quantitative estimate of drug-likeness (QED) is 0.201. The average Bonchev–Trinajstić information content (AvgIpc) is 3.38. The van der Waals surface area contributed by atoms with E-state index in [1.165, 1.54) is 5.56 Å². The monoisotopic (exact) mass is 622 g/mol. The van der Waals surface area contributed by atoms with Gasteiger partial charge in [0.1, 0.15) is 6.17 Å². The molecule has 232 valence electrons. The molecule has 1 aliphatic heterocycles. The third-order valence-electron chi connectivity index (χ3n) is 9.22. The Labute approximate surface area is 279 Å². The maximum absolute atomic E-state index is 12.6. The molecule has 5 nitrogen and oxygen atoms in total. The summed E-state index contributed by atoms with van der Waals surface area (Å²) < 4.78 is 3.39. The fraction of sp³-hybridized carbons (Fsp3) is 0.0698. The normalized spacial score (nSPS) is 14.3. The average molecular weight is 623 g/mol. The summed E-state index contributed by atoms with van der Waals surface area (Å²) in [6.45, 7) is 0. The number of aliphatic imine (C=N–C) groups is 1. The minimum Gasteiger partial charge on any atom is -0.360 e. The van der Waals surface area contributed by atoms with E-state index in [0.717, 1.165) is 66.9 Å². The number of hydrogen-bond donors (Lipinski definition) is 1. The first-order valence-corrected chi connectivity index (χ1v) is 16.2. The van der Waals surface area contributed by atoms with Crippen LogP contribution in [0.5, 0.6) is 0 Å². The lowest BCUT2D eigenvalue weighted by Crippen LogP contribution is -2.25. The molecule has 2 heterocycles. The van der Waals surface area contributed by atoms with Gasteiger partial charge in [0, 0.05) is 25.4 Å². The van der Waals surface area contributed by atoms with Crippen LogP contribution in [0.4, 0.5) is 0 Å². The molecule has 1 aromatic heterocycles. The van der Waals surface area contributed by atoms with E-state index >= 15 is 0 Å². The highest BCUT2D eigenvalue weighted by Crippen LogP contribution is 2.34. The summed E-state index contributed by atoms with van der Waals surface area (Å²) >= 11 is 0. The summed E-state index contributed by atoms with van der Waals surface area (Å²) in [6, 6.07) is 52.9. The summed E-state index contributed by atoms with van der Waals surface area (Å²) in [5, 5.41) is 3.74. The number of benzene rings is 6. The van der Waals surface area contributed by atoms with Crippen LogP contribution in [0, 0.1) is 0 Å². The number of nitrogens with one attached hydrogen (secondary N) is 1. The van der Waals surface area contributed by atoms with E-state index in [9.17, 15) is 4.79 Å². The number of fused-ring (bicyclic) bond motifs is 1. The second kappa shape index (κ2) is 12.2. The second-order valence-corrected chi connectivity index (χ2v) is 12.2. The second-order valence-electron chi connectivity index (χ2n) is 12.2. The first-order chi connectivity index (χ1) is 23.5. The molecule has 0 fully saturated rings. The van der Waals surface area contributed by atoms with Gasteiger partial charge in [0.15, 0.2) is 0 Å². The molecule has 1 N–H and O–H groups in total. The van der Waals surface area contributed by atoms with Crippen LogP contribution in [0.3, 0.4) is 0 Å². The van der Waals surface area contributed by atoms with Crippen molar-refractivity contribution in [3.63, 3.8) is 0 Å². The molecular weight excluding hydrogens is 589 g/mol. The summed E-state index contributed by atoms with van der Waals surface area (Å²) in [5.41, 5.74) is 13.7. The standard InChI is InChI=1S/C43H34N4O/c1-46-40-24-22-34(27-41(40)47(2)43(46)48)32-19-12-20-35(25-32)38-28-39(45-42(44-38)31-17-10-5-11-18-31)36-23-21-33(29-13-6-3-7-14-29)26-37(36)30-15-8-4-9-16-30/h3-28,42,44H,1-2H3. The molecule has 5 heteroatoms. The maximum atomic E-state index is 12.6. The van der Waals surface area contributed by atoms with E-state index in [1.54, 1.807) is 9.13 Å². The maximum Gasteiger partial charge on any atom is 0.328 e. The Kier molecular flexibility index (Phi) is 7.42. The van der Waals surface area contributed by atoms with Crippen LogP contribution >= 0.6 is 0 Å². The molecule has 0 saturated carbocycles. The predicted octanol–water partition coefficient (Wildman–Crippen LogP) is 9.01. The Morgan fingerprint density at radius 3 is 1.85 bits per heavy atom. The molecule has 1 atom stereocenters. The Hall–Kier alpha value is -6.20. The molecule has 8 rings (SSSR count). The third-order valence-corrected chi connectivity index (χ3v) is 9.22. The zero-order valence-corrected chi connectivity index (χ0v) is 26.8. The van der Waals surface area contributed by atoms with Crippen molar-refractivity contribution in [3.8, 4) is 33.4 Å². The van der Waals surface area contributed by atoms with Gasteiger partial charge in [-0.2, -0.15) is 0 Å². The third kappa shape index (κ3) is 5.35. The molecule has 6 aromatic carbocycles. The van der Waals surface area contributed by atoms with Crippen molar-refractivity contribution in [1.29, 1.82) is 0 Å². The van der Waals surface area contributed by atoms with Gasteiger partial charge in [-0.25, -0.2) is 4.79 Å². The van der Waals surface area contributed by atoms with Crippen LogP contribution in [0.15, 0.2) is 168 Å². The summed E-state index contributed by atoms with van der Waals surface area (Å²) in [4.78, 5) is 17.9. The number of allylic oxidation sites excluding steroid dienone is 1. The van der Waals surface area contributed by atoms with Gasteiger partial charge >= 0.3 is 5.69 Å². The van der Waals surface area contributed by atoms with Crippen molar-refractivity contribution in [1.82, 2.24) is 14.5 Å². The molecule has 0 saturated heterocycles. The van der Waals surface area contributed by atoms with Crippen LogP contribution in [0.25, 0.3) is 50.1 Å². The van der Waals surface area contributed by atoms with Crippen molar-refractivity contribution >= 4 is 22.4 Å². The van der Waals surface area contributed by atoms with Gasteiger partial charge in [-0.05, 0) is 74.8 Å². The Balaban J connectivity index is 1.26. The van der Waals surface area contributed by atoms with Gasteiger partial charge in [-0.1, -0.05) is 127 Å². The number of aromatic nitrogens is 2. The van der Waals surface area contributed by atoms with E-state index in [1.807, 2.05) is 32.3 Å². The molecule has 0 bridgehead atoms. The Morgan fingerprint density at radius 2 is 1.10 bits per heavy atom. The van der Waals surface area contributed by atoms with Crippen molar-refractivity contribution in [3.05, 3.63) is 185 Å². The smallest absolute Gasteiger partial charge is 0.328 e. The van der Waals surface area contributed by atoms with E-state index in [2.05, 4.69) is 145 Å². The SMILES string of the molecule is Cn1c(=O)n(C)c2cc(-c3cccc(C4=CC(c5ccc(-c6ccccc6)cc5-c5ccccc5)=NC(c5ccccc5)N4)c3)ccc21. The summed E-state index contributed by atoms with van der Waals surface area (Å²) in [7, 11) is 3.63. The Bertz CT molecular complexity index is 2400. The first kappa shape index (κ1) is 29.2. The van der Waals surface area contributed by atoms with Crippen LogP contribution in [0.2, 0.25) is 0 Å². The van der Waals surface area contributed by atoms with Gasteiger partial charge in [0.25, 0.3) is 0 Å². The molecule has 48 heavy (non-hydrogen) atoms. The van der Waals surface area contributed by atoms with E-state index in [-0.39, 0.29) is 11.9 Å². The molecule has 0 spiro atoms. The lowest BCUT2D eigenvalue weighted by Gasteiger charge is -2.26. The largest absolute Gasteiger partial charge is 0.360 e. The fourth-order valence-electron chi connectivity index (χ4n) is 6.63. The van der Waals surface area contributed by atoms with Gasteiger partial charge in [-0.15, -0.1) is 0 Å². The number of aryl methyl sites for hydroxylation is 2. The molecule has 1 unspecified atom stereocenters. The molecule has 7 aromatic rings. The van der Waals surface area contributed by atoms with Gasteiger partial charge in [0.2, 0.25) is 0 Å². The molecule has 0 aliphatic carbocycles. The summed E-state index contributed by atoms with van der Waals surface area (Å²) in [5.74, 6) is 0. The van der Waals surface area contributed by atoms with Crippen LogP contribution in [0.1, 0.15) is 22.9 Å². The molecule has 0 radical (unpaired) electrons. The van der Waals surface area contributed by atoms with Crippen molar-refractivity contribution in [2.45, 2.75) is 6.17 Å². The van der Waals surface area contributed by atoms with Crippen molar-refractivity contribution < 1.29 is 0 Å². The minimum absolute atomic E-state index is 0.0297. The summed E-state index contributed by atoms with van der Waals surface area (Å²) in [6.07, 6.45) is 1.91. The zero-order valence-electron chi connectivity index (χ0n) is 26.8. The highest BCUT2D eigenvalue weighted by Gasteiger charge is 2.22. The predicted molar refractivity (Wildman–Crippen MR) is 198 cm³/mol. The number of imidazole rings is 1. The number of hydrogen-bond acceptors (Lipinski definition) is 3. The van der Waals surface area contributed by atoms with Crippen LogP contribution < -0.4 is 11.0 Å². The fourth-order valence-corrected chi connectivity index (χ4v) is 6.63. The van der Waals surface area contributed by atoms with E-state index in [0.29, 0.717) is 0 Å². The molecule has 0 amide bonds. The van der Waals surface area contributed by atoms with Gasteiger partial charge < -0.3 is 5.32 Å². The van der Waals surface area contributed by atoms with Crippen LogP contribution in [-0.4, -0.2) is 14.8 Å². The lowest BCUT2D eigenvalue weighted by atomic mass is 9.91. The molecular formula is C43H34N4O. The van der Waals surface area contributed by atoms with E-state index in [4.69, 9.17) is 4.99 Å². The highest BCUT2D eigenvalue weighted by atomic mass is 16.1. The Morgan fingerprint density at radius 1 is 0.521 bits per heavy atom. The van der Waals surface area contributed by atoms with Crippen LogP contribution in [-0.2, 0) is 14.1 Å². The van der Waals surface area contributed by atoms with Crippen molar-refractivity contribution in [2.24, 2.45) is 19.1 Å². The number of nitrogens with zero attached hydrogens (tertiary/aromatic N) is 3. The lowest BCUT2D eigenvalue weighted by molar-refractivity contribution is 0.664. The first-order valence-electron chi connectivity index (χ1n) is 16.2. The number of rotatable bonds is 6. The van der Waals surface area contributed by atoms with Gasteiger partial charge in [-0.3, -0.25) is 14.1 Å².